The minimum atomic E-state index is -3.75. The van der Waals surface area contributed by atoms with Gasteiger partial charge in [-0.1, -0.05) is 17.4 Å². The van der Waals surface area contributed by atoms with Crippen LogP contribution in [-0.4, -0.2) is 63.7 Å². The highest BCUT2D eigenvalue weighted by Crippen LogP contribution is 2.24. The van der Waals surface area contributed by atoms with Crippen molar-refractivity contribution in [1.82, 2.24) is 8.87 Å². The maximum absolute atomic E-state index is 13.1. The van der Waals surface area contributed by atoms with Gasteiger partial charge in [-0.3, -0.25) is 4.79 Å². The van der Waals surface area contributed by atoms with E-state index in [1.807, 2.05) is 11.5 Å². The number of carbonyl (C=O) groups is 1. The van der Waals surface area contributed by atoms with Gasteiger partial charge < -0.3 is 14.0 Å². The maximum atomic E-state index is 13.1. The highest BCUT2D eigenvalue weighted by atomic mass is 32.2. The summed E-state index contributed by atoms with van der Waals surface area (Å²) in [6.07, 6.45) is 0. The molecule has 3 rings (SSSR count). The molecule has 0 aliphatic rings. The van der Waals surface area contributed by atoms with Crippen LogP contribution in [0.5, 0.6) is 0 Å². The molecular formula is C24H31N3O5S2. The van der Waals surface area contributed by atoms with Crippen molar-refractivity contribution in [1.29, 1.82) is 0 Å². The number of hydrogen-bond acceptors (Lipinski definition) is 6. The average Bonchev–Trinajstić information content (AvgIpc) is 3.19. The van der Waals surface area contributed by atoms with Crippen LogP contribution in [0.25, 0.3) is 10.2 Å². The van der Waals surface area contributed by atoms with Gasteiger partial charge in [0, 0.05) is 39.4 Å². The quantitative estimate of drug-likeness (QED) is 0.421. The maximum Gasteiger partial charge on any atom is 0.279 e. The highest BCUT2D eigenvalue weighted by molar-refractivity contribution is 7.89. The molecule has 1 aromatic heterocycles. The third kappa shape index (κ3) is 5.47. The van der Waals surface area contributed by atoms with Crippen molar-refractivity contribution < 1.29 is 22.7 Å². The summed E-state index contributed by atoms with van der Waals surface area (Å²) in [5.41, 5.74) is 3.78. The first kappa shape index (κ1) is 26.2. The molecule has 0 spiro atoms. The zero-order valence-corrected chi connectivity index (χ0v) is 21.8. The van der Waals surface area contributed by atoms with Crippen LogP contribution in [0, 0.1) is 13.8 Å². The lowest BCUT2D eigenvalue weighted by molar-refractivity contribution is 0.0997. The van der Waals surface area contributed by atoms with Crippen molar-refractivity contribution in [3.8, 4) is 0 Å². The first-order valence-corrected chi connectivity index (χ1v) is 13.3. The lowest BCUT2D eigenvalue weighted by Gasteiger charge is -2.21. The Morgan fingerprint density at radius 3 is 2.21 bits per heavy atom. The molecule has 0 N–H and O–H groups in total. The molecule has 0 radical (unpaired) electrons. The summed E-state index contributed by atoms with van der Waals surface area (Å²) in [4.78, 5) is 18.0. The zero-order valence-electron chi connectivity index (χ0n) is 20.2. The smallest absolute Gasteiger partial charge is 0.279 e. The van der Waals surface area contributed by atoms with Gasteiger partial charge in [-0.05, 0) is 62.2 Å². The second-order valence-corrected chi connectivity index (χ2v) is 10.8. The summed E-state index contributed by atoms with van der Waals surface area (Å²) in [5.74, 6) is -0.414. The molecule has 0 aliphatic heterocycles. The molecule has 184 valence electrons. The lowest BCUT2D eigenvalue weighted by Crippen LogP contribution is -2.36. The van der Waals surface area contributed by atoms with Gasteiger partial charge in [0.1, 0.15) is 0 Å². The Morgan fingerprint density at radius 1 is 1.03 bits per heavy atom. The summed E-state index contributed by atoms with van der Waals surface area (Å²) in [6.45, 7) is 7.80. The largest absolute Gasteiger partial charge is 0.383 e. The summed E-state index contributed by atoms with van der Waals surface area (Å²) in [7, 11) is -0.714. The van der Waals surface area contributed by atoms with Crippen molar-refractivity contribution in [3.63, 3.8) is 0 Å². The molecule has 8 nitrogen and oxygen atoms in total. The first-order valence-electron chi connectivity index (χ1n) is 11.0. The van der Waals surface area contributed by atoms with Gasteiger partial charge in [-0.15, -0.1) is 0 Å². The average molecular weight is 506 g/mol. The van der Waals surface area contributed by atoms with E-state index in [9.17, 15) is 13.2 Å². The Morgan fingerprint density at radius 2 is 1.65 bits per heavy atom. The van der Waals surface area contributed by atoms with E-state index in [4.69, 9.17) is 9.47 Å². The SMILES string of the molecule is CCn1c(=NC(=O)c2ccc(S(=O)(=O)N(CCOC)CCOC)cc2)sc2ccc(C)c(C)c21. The Kier molecular flexibility index (Phi) is 8.78. The molecule has 0 aliphatic carbocycles. The molecule has 0 saturated heterocycles. The molecule has 3 aromatic rings. The summed E-state index contributed by atoms with van der Waals surface area (Å²) in [6, 6.07) is 10.0. The number of ether oxygens (including phenoxy) is 2. The Bertz CT molecular complexity index is 1320. The van der Waals surface area contributed by atoms with Crippen molar-refractivity contribution in [2.24, 2.45) is 4.99 Å². The Hall–Kier alpha value is -2.37. The third-order valence-corrected chi connectivity index (χ3v) is 8.67. The standard InChI is InChI=1S/C24H31N3O5S2/c1-6-27-22-18(3)17(2)7-12-21(22)33-24(27)25-23(28)19-8-10-20(11-9-19)34(29,30)26(13-15-31-4)14-16-32-5/h7-12H,6,13-16H2,1-5H3. The molecule has 1 heterocycles. The number of thiazole rings is 1. The molecular weight excluding hydrogens is 474 g/mol. The van der Waals surface area contributed by atoms with Gasteiger partial charge in [-0.2, -0.15) is 9.30 Å². The van der Waals surface area contributed by atoms with Gasteiger partial charge >= 0.3 is 0 Å². The topological polar surface area (TPSA) is 90.2 Å². The molecule has 0 unspecified atom stereocenters. The number of carbonyl (C=O) groups excluding carboxylic acids is 1. The molecule has 34 heavy (non-hydrogen) atoms. The Balaban J connectivity index is 1.92. The van der Waals surface area contributed by atoms with E-state index < -0.39 is 15.9 Å². The van der Waals surface area contributed by atoms with Crippen LogP contribution in [0.15, 0.2) is 46.3 Å². The molecule has 0 fully saturated rings. The number of hydrogen-bond donors (Lipinski definition) is 0. The number of nitrogens with zero attached hydrogens (tertiary/aromatic N) is 3. The third-order valence-electron chi connectivity index (χ3n) is 5.71. The number of aromatic nitrogens is 1. The lowest BCUT2D eigenvalue weighted by atomic mass is 10.1. The van der Waals surface area contributed by atoms with Crippen LogP contribution in [-0.2, 0) is 26.0 Å². The fourth-order valence-electron chi connectivity index (χ4n) is 3.63. The van der Waals surface area contributed by atoms with E-state index in [0.717, 1.165) is 10.2 Å². The van der Waals surface area contributed by atoms with Crippen molar-refractivity contribution >= 4 is 37.5 Å². The number of aryl methyl sites for hydroxylation is 3. The van der Waals surface area contributed by atoms with E-state index >= 15 is 0 Å². The molecule has 0 bridgehead atoms. The van der Waals surface area contributed by atoms with Crippen LogP contribution in [0.1, 0.15) is 28.4 Å². The molecule has 0 saturated carbocycles. The zero-order chi connectivity index (χ0) is 24.9. The van der Waals surface area contributed by atoms with Gasteiger partial charge in [0.05, 0.1) is 28.3 Å². The summed E-state index contributed by atoms with van der Waals surface area (Å²) in [5, 5.41) is 0. The van der Waals surface area contributed by atoms with E-state index in [2.05, 4.69) is 31.0 Å². The Labute approximate surface area is 204 Å². The highest BCUT2D eigenvalue weighted by Gasteiger charge is 2.24. The van der Waals surface area contributed by atoms with E-state index in [1.54, 1.807) is 0 Å². The van der Waals surface area contributed by atoms with E-state index in [0.29, 0.717) is 16.9 Å². The predicted octanol–water partition coefficient (Wildman–Crippen LogP) is 3.36. The molecule has 2 aromatic carbocycles. The first-order chi connectivity index (χ1) is 16.2. The van der Waals surface area contributed by atoms with Crippen molar-refractivity contribution in [2.75, 3.05) is 40.5 Å². The fraction of sp³-hybridized carbons (Fsp3) is 0.417. The minimum absolute atomic E-state index is 0.104. The van der Waals surface area contributed by atoms with Gasteiger partial charge in [-0.25, -0.2) is 8.42 Å². The molecule has 1 amide bonds. The number of methoxy groups -OCH3 is 2. The number of rotatable bonds is 10. The van der Waals surface area contributed by atoms with Crippen LogP contribution < -0.4 is 4.80 Å². The molecule has 0 atom stereocenters. The second-order valence-electron chi connectivity index (χ2n) is 7.81. The molecule has 10 heteroatoms. The normalized spacial score (nSPS) is 12.7. The van der Waals surface area contributed by atoms with Gasteiger partial charge in [0.25, 0.3) is 5.91 Å². The summed E-state index contributed by atoms with van der Waals surface area (Å²) < 4.78 is 40.6. The monoisotopic (exact) mass is 505 g/mol. The van der Waals surface area contributed by atoms with Crippen LogP contribution >= 0.6 is 11.3 Å². The van der Waals surface area contributed by atoms with E-state index in [-0.39, 0.29) is 31.2 Å². The predicted molar refractivity (Wildman–Crippen MR) is 134 cm³/mol. The van der Waals surface area contributed by atoms with E-state index in [1.165, 1.54) is 65.3 Å². The van der Waals surface area contributed by atoms with Crippen LogP contribution in [0.3, 0.4) is 0 Å². The second kappa shape index (κ2) is 11.4. The number of amides is 1. The fourth-order valence-corrected chi connectivity index (χ4v) is 6.19. The van der Waals surface area contributed by atoms with Crippen LogP contribution in [0.4, 0.5) is 0 Å². The van der Waals surface area contributed by atoms with Crippen molar-refractivity contribution in [3.05, 3.63) is 57.9 Å². The number of benzene rings is 2. The van der Waals surface area contributed by atoms with Gasteiger partial charge in [0.2, 0.25) is 10.0 Å². The summed E-state index contributed by atoms with van der Waals surface area (Å²) >= 11 is 1.47. The van der Waals surface area contributed by atoms with Gasteiger partial charge in [0.15, 0.2) is 4.80 Å². The van der Waals surface area contributed by atoms with Crippen molar-refractivity contribution in [2.45, 2.75) is 32.2 Å². The number of sulfonamides is 1. The van der Waals surface area contributed by atoms with Crippen LogP contribution in [0.2, 0.25) is 0 Å². The number of fused-ring (bicyclic) bond motifs is 1. The minimum Gasteiger partial charge on any atom is -0.383 e.